The summed E-state index contributed by atoms with van der Waals surface area (Å²) in [6, 6.07) is 6.99. The number of hydrogen-bond donors (Lipinski definition) is 0. The Morgan fingerprint density at radius 1 is 1.12 bits per heavy atom. The third-order valence-electron chi connectivity index (χ3n) is 4.24. The Bertz CT molecular complexity index is 383. The molecular weight excluding hydrogens is 194 g/mol. The van der Waals surface area contributed by atoms with Crippen LogP contribution in [0.3, 0.4) is 0 Å². The van der Waals surface area contributed by atoms with Crippen LogP contribution in [0, 0.1) is 0 Å². The number of likely N-dealkylation sites (N-methyl/N-ethyl adjacent to an activating group) is 1. The fourth-order valence-electron chi connectivity index (χ4n) is 3.44. The van der Waals surface area contributed by atoms with E-state index in [-0.39, 0.29) is 0 Å². The third-order valence-corrected chi connectivity index (χ3v) is 4.24. The molecule has 0 saturated heterocycles. The fourth-order valence-corrected chi connectivity index (χ4v) is 3.44. The number of aryl methyl sites for hydroxylation is 1. The lowest BCUT2D eigenvalue weighted by atomic mass is 9.88. The standard InChI is InChI=1S/C15H21N/c1-16-10-9-13-8-4-7-12-5-2-3-6-14(11-16)15(12)13/h4,7-8,14H,2-3,5-6,9-11H2,1H3/t14-/m1/s1. The summed E-state index contributed by atoms with van der Waals surface area (Å²) in [7, 11) is 2.27. The molecule has 16 heavy (non-hydrogen) atoms. The van der Waals surface area contributed by atoms with Gasteiger partial charge >= 0.3 is 0 Å². The van der Waals surface area contributed by atoms with Crippen molar-refractivity contribution in [3.63, 3.8) is 0 Å². The van der Waals surface area contributed by atoms with E-state index in [1.54, 1.807) is 16.7 Å². The Morgan fingerprint density at radius 2 is 1.94 bits per heavy atom. The zero-order chi connectivity index (χ0) is 11.0. The number of nitrogens with zero attached hydrogens (tertiary/aromatic N) is 1. The van der Waals surface area contributed by atoms with Crippen LogP contribution in [-0.4, -0.2) is 25.0 Å². The van der Waals surface area contributed by atoms with Gasteiger partial charge in [0.15, 0.2) is 0 Å². The molecule has 86 valence electrons. The van der Waals surface area contributed by atoms with Crippen LogP contribution in [0.4, 0.5) is 0 Å². The van der Waals surface area contributed by atoms with Crippen molar-refractivity contribution >= 4 is 0 Å². The van der Waals surface area contributed by atoms with E-state index in [0.29, 0.717) is 0 Å². The minimum atomic E-state index is 0.807. The van der Waals surface area contributed by atoms with Gasteiger partial charge in [0.25, 0.3) is 0 Å². The summed E-state index contributed by atoms with van der Waals surface area (Å²) in [5.41, 5.74) is 5.01. The second-order valence-corrected chi connectivity index (χ2v) is 5.44. The van der Waals surface area contributed by atoms with E-state index >= 15 is 0 Å². The van der Waals surface area contributed by atoms with Gasteiger partial charge in [0.2, 0.25) is 0 Å². The summed E-state index contributed by atoms with van der Waals surface area (Å²) in [4.78, 5) is 2.51. The molecular formula is C15H21N. The lowest BCUT2D eigenvalue weighted by Gasteiger charge is -2.21. The normalized spacial score (nSPS) is 25.7. The molecule has 0 bridgehead atoms. The van der Waals surface area contributed by atoms with Gasteiger partial charge in [0, 0.05) is 13.1 Å². The summed E-state index contributed by atoms with van der Waals surface area (Å²) < 4.78 is 0. The van der Waals surface area contributed by atoms with E-state index in [0.717, 1.165) is 5.92 Å². The van der Waals surface area contributed by atoms with Crippen molar-refractivity contribution < 1.29 is 0 Å². The lowest BCUT2D eigenvalue weighted by Crippen LogP contribution is -2.23. The van der Waals surface area contributed by atoms with Crippen LogP contribution in [0.5, 0.6) is 0 Å². The molecule has 1 aromatic rings. The second-order valence-electron chi connectivity index (χ2n) is 5.44. The van der Waals surface area contributed by atoms with E-state index in [1.807, 2.05) is 0 Å². The van der Waals surface area contributed by atoms with Crippen molar-refractivity contribution in [1.82, 2.24) is 4.90 Å². The summed E-state index contributed by atoms with van der Waals surface area (Å²) in [6.07, 6.45) is 6.75. The molecule has 3 rings (SSSR count). The maximum absolute atomic E-state index is 2.51. The van der Waals surface area contributed by atoms with Crippen LogP contribution in [0.15, 0.2) is 18.2 Å². The highest BCUT2D eigenvalue weighted by Gasteiger charge is 2.25. The second kappa shape index (κ2) is 4.21. The van der Waals surface area contributed by atoms with Crippen molar-refractivity contribution in [3.05, 3.63) is 34.9 Å². The maximum atomic E-state index is 2.51. The quantitative estimate of drug-likeness (QED) is 0.643. The highest BCUT2D eigenvalue weighted by Crippen LogP contribution is 2.35. The molecule has 0 aromatic heterocycles. The van der Waals surface area contributed by atoms with E-state index in [2.05, 4.69) is 30.1 Å². The molecule has 1 heteroatoms. The Kier molecular flexibility index (Phi) is 2.72. The zero-order valence-electron chi connectivity index (χ0n) is 10.2. The molecule has 2 aliphatic rings. The van der Waals surface area contributed by atoms with Crippen molar-refractivity contribution in [2.45, 2.75) is 38.0 Å². The molecule has 1 nitrogen and oxygen atoms in total. The third kappa shape index (κ3) is 1.78. The summed E-state index contributed by atoms with van der Waals surface area (Å²) in [6.45, 7) is 2.50. The molecule has 1 aromatic carbocycles. The van der Waals surface area contributed by atoms with Gasteiger partial charge in [-0.15, -0.1) is 0 Å². The Hall–Kier alpha value is -0.820. The lowest BCUT2D eigenvalue weighted by molar-refractivity contribution is 0.318. The molecule has 0 N–H and O–H groups in total. The van der Waals surface area contributed by atoms with Crippen LogP contribution in [0.2, 0.25) is 0 Å². The van der Waals surface area contributed by atoms with Gasteiger partial charge < -0.3 is 4.90 Å². The van der Waals surface area contributed by atoms with Gasteiger partial charge in [-0.3, -0.25) is 0 Å². The molecule has 0 amide bonds. The van der Waals surface area contributed by atoms with Crippen molar-refractivity contribution in [2.75, 3.05) is 20.1 Å². The van der Waals surface area contributed by atoms with E-state index in [1.165, 1.54) is 45.2 Å². The zero-order valence-corrected chi connectivity index (χ0v) is 10.2. The molecule has 1 aliphatic heterocycles. The minimum absolute atomic E-state index is 0.807. The van der Waals surface area contributed by atoms with Gasteiger partial charge in [0.1, 0.15) is 0 Å². The van der Waals surface area contributed by atoms with Gasteiger partial charge in [0.05, 0.1) is 0 Å². The first-order valence-corrected chi connectivity index (χ1v) is 6.64. The average Bonchev–Trinajstić information content (AvgIpc) is 2.58. The van der Waals surface area contributed by atoms with Crippen molar-refractivity contribution in [2.24, 2.45) is 0 Å². The first-order valence-electron chi connectivity index (χ1n) is 6.64. The molecule has 0 fully saturated rings. The van der Waals surface area contributed by atoms with Crippen LogP contribution < -0.4 is 0 Å². The number of rotatable bonds is 0. The predicted molar refractivity (Wildman–Crippen MR) is 67.9 cm³/mol. The van der Waals surface area contributed by atoms with E-state index in [9.17, 15) is 0 Å². The van der Waals surface area contributed by atoms with Crippen LogP contribution >= 0.6 is 0 Å². The smallest absolute Gasteiger partial charge is 0.00475 e. The first-order chi connectivity index (χ1) is 7.84. The van der Waals surface area contributed by atoms with Crippen LogP contribution in [-0.2, 0) is 12.8 Å². The van der Waals surface area contributed by atoms with Gasteiger partial charge in [-0.2, -0.15) is 0 Å². The highest BCUT2D eigenvalue weighted by molar-refractivity contribution is 5.40. The molecule has 0 saturated carbocycles. The first kappa shape index (κ1) is 10.3. The Morgan fingerprint density at radius 3 is 2.81 bits per heavy atom. The summed E-state index contributed by atoms with van der Waals surface area (Å²) >= 11 is 0. The highest BCUT2D eigenvalue weighted by atomic mass is 15.1. The number of benzene rings is 1. The molecule has 1 heterocycles. The SMILES string of the molecule is CN1CCc2cccc3c2[C@H](CCCC3)C1. The topological polar surface area (TPSA) is 3.24 Å². The molecule has 0 spiro atoms. The molecule has 1 aliphatic carbocycles. The van der Waals surface area contributed by atoms with Crippen LogP contribution in [0.1, 0.15) is 41.9 Å². The summed E-state index contributed by atoms with van der Waals surface area (Å²) in [5.74, 6) is 0.807. The maximum Gasteiger partial charge on any atom is 0.00475 e. The molecule has 0 unspecified atom stereocenters. The van der Waals surface area contributed by atoms with Gasteiger partial charge in [-0.25, -0.2) is 0 Å². The summed E-state index contributed by atoms with van der Waals surface area (Å²) in [5, 5.41) is 0. The Labute approximate surface area is 98.5 Å². The molecule has 0 radical (unpaired) electrons. The van der Waals surface area contributed by atoms with E-state index in [4.69, 9.17) is 0 Å². The van der Waals surface area contributed by atoms with Crippen LogP contribution in [0.25, 0.3) is 0 Å². The average molecular weight is 215 g/mol. The van der Waals surface area contributed by atoms with Gasteiger partial charge in [-0.05, 0) is 55.3 Å². The van der Waals surface area contributed by atoms with Gasteiger partial charge in [-0.1, -0.05) is 24.6 Å². The minimum Gasteiger partial charge on any atom is -0.305 e. The largest absolute Gasteiger partial charge is 0.305 e. The van der Waals surface area contributed by atoms with Crippen molar-refractivity contribution in [3.8, 4) is 0 Å². The molecule has 1 atom stereocenters. The van der Waals surface area contributed by atoms with E-state index < -0.39 is 0 Å². The fraction of sp³-hybridized carbons (Fsp3) is 0.600. The van der Waals surface area contributed by atoms with Crippen molar-refractivity contribution in [1.29, 1.82) is 0 Å². The monoisotopic (exact) mass is 215 g/mol. The number of hydrogen-bond acceptors (Lipinski definition) is 1. The predicted octanol–water partition coefficient (Wildman–Crippen LogP) is 2.98. The Balaban J connectivity index is 2.08.